The van der Waals surface area contributed by atoms with Crippen LogP contribution in [0.4, 0.5) is 11.4 Å². The SMILES string of the molecule is O=C1CC(c2ccc(Cl)cc2)CC2=C1C(c1coc3ccccc3c1=O)Nc1ccccc1N2. The molecule has 0 fully saturated rings. The molecule has 4 aromatic rings. The topological polar surface area (TPSA) is 71.3 Å². The fourth-order valence-electron chi connectivity index (χ4n) is 4.99. The molecule has 0 spiro atoms. The summed E-state index contributed by atoms with van der Waals surface area (Å²) in [5.41, 5.74) is 4.97. The lowest BCUT2D eigenvalue weighted by atomic mass is 9.78. The molecule has 2 unspecified atom stereocenters. The Morgan fingerprint density at radius 3 is 2.41 bits per heavy atom. The number of rotatable bonds is 2. The number of fused-ring (bicyclic) bond motifs is 2. The molecule has 0 radical (unpaired) electrons. The number of carbonyl (C=O) groups is 1. The number of nitrogens with one attached hydrogen (secondary N) is 2. The van der Waals surface area contributed by atoms with Gasteiger partial charge in [-0.15, -0.1) is 0 Å². The maximum atomic E-state index is 13.6. The first-order valence-electron chi connectivity index (χ1n) is 11.2. The van der Waals surface area contributed by atoms with Gasteiger partial charge in [0.05, 0.1) is 28.4 Å². The van der Waals surface area contributed by atoms with Crippen LogP contribution in [0.15, 0.2) is 99.5 Å². The lowest BCUT2D eigenvalue weighted by molar-refractivity contribution is -0.116. The van der Waals surface area contributed by atoms with Crippen molar-refractivity contribution in [2.24, 2.45) is 0 Å². The summed E-state index contributed by atoms with van der Waals surface area (Å²) in [6, 6.07) is 22.0. The molecule has 0 saturated carbocycles. The van der Waals surface area contributed by atoms with Gasteiger partial charge in [-0.2, -0.15) is 0 Å². The van der Waals surface area contributed by atoms with Crippen LogP contribution in [-0.4, -0.2) is 5.78 Å². The lowest BCUT2D eigenvalue weighted by Crippen LogP contribution is -2.29. The van der Waals surface area contributed by atoms with Crippen LogP contribution in [0.1, 0.15) is 35.9 Å². The first kappa shape index (κ1) is 20.8. The van der Waals surface area contributed by atoms with Crippen LogP contribution >= 0.6 is 11.6 Å². The number of anilines is 2. The molecular weight excluding hydrogens is 448 g/mol. The molecule has 6 rings (SSSR count). The molecule has 2 aliphatic rings. The van der Waals surface area contributed by atoms with Gasteiger partial charge in [0.2, 0.25) is 0 Å². The maximum Gasteiger partial charge on any atom is 0.198 e. The van der Waals surface area contributed by atoms with Gasteiger partial charge < -0.3 is 15.1 Å². The third-order valence-electron chi connectivity index (χ3n) is 6.67. The van der Waals surface area contributed by atoms with Gasteiger partial charge in [-0.05, 0) is 54.3 Å². The molecular formula is C28H21ClN2O3. The minimum atomic E-state index is -0.620. The van der Waals surface area contributed by atoms with Gasteiger partial charge in [-0.25, -0.2) is 0 Å². The van der Waals surface area contributed by atoms with Gasteiger partial charge in [0, 0.05) is 22.7 Å². The van der Waals surface area contributed by atoms with Crippen molar-refractivity contribution in [2.45, 2.75) is 24.8 Å². The van der Waals surface area contributed by atoms with Crippen LogP contribution in [-0.2, 0) is 4.79 Å². The minimum absolute atomic E-state index is 0.00608. The molecule has 1 aromatic heterocycles. The third-order valence-corrected chi connectivity index (χ3v) is 6.92. The summed E-state index contributed by atoms with van der Waals surface area (Å²) in [5.74, 6) is 0.0292. The van der Waals surface area contributed by atoms with E-state index in [1.165, 1.54) is 6.26 Å². The number of allylic oxidation sites excluding steroid dienone is 1. The lowest BCUT2D eigenvalue weighted by Gasteiger charge is -2.29. The van der Waals surface area contributed by atoms with Crippen molar-refractivity contribution in [3.8, 4) is 0 Å². The molecule has 2 N–H and O–H groups in total. The van der Waals surface area contributed by atoms with Gasteiger partial charge in [0.1, 0.15) is 11.8 Å². The fraction of sp³-hybridized carbons (Fsp3) is 0.143. The number of hydrogen-bond acceptors (Lipinski definition) is 5. The molecule has 6 heteroatoms. The Morgan fingerprint density at radius 1 is 0.853 bits per heavy atom. The fourth-order valence-corrected chi connectivity index (χ4v) is 5.11. The van der Waals surface area contributed by atoms with Crippen molar-refractivity contribution in [2.75, 3.05) is 10.6 Å². The average molecular weight is 469 g/mol. The molecule has 1 aliphatic heterocycles. The van der Waals surface area contributed by atoms with E-state index in [9.17, 15) is 9.59 Å². The van der Waals surface area contributed by atoms with Crippen molar-refractivity contribution >= 4 is 39.7 Å². The van der Waals surface area contributed by atoms with E-state index in [2.05, 4.69) is 10.6 Å². The molecule has 3 aromatic carbocycles. The second-order valence-electron chi connectivity index (χ2n) is 8.74. The highest BCUT2D eigenvalue weighted by molar-refractivity contribution is 6.30. The summed E-state index contributed by atoms with van der Waals surface area (Å²) < 4.78 is 5.82. The van der Waals surface area contributed by atoms with E-state index in [-0.39, 0.29) is 17.1 Å². The first-order chi connectivity index (χ1) is 16.6. The summed E-state index contributed by atoms with van der Waals surface area (Å²) in [5, 5.41) is 8.11. The second kappa shape index (κ2) is 8.19. The van der Waals surface area contributed by atoms with Crippen molar-refractivity contribution in [1.29, 1.82) is 0 Å². The van der Waals surface area contributed by atoms with Crippen molar-refractivity contribution < 1.29 is 9.21 Å². The van der Waals surface area contributed by atoms with Gasteiger partial charge in [0.15, 0.2) is 11.2 Å². The average Bonchev–Trinajstić information content (AvgIpc) is 3.02. The normalized spacial score (nSPS) is 19.6. The molecule has 0 amide bonds. The summed E-state index contributed by atoms with van der Waals surface area (Å²) in [6.45, 7) is 0. The number of carbonyl (C=O) groups excluding carboxylic acids is 1. The van der Waals surface area contributed by atoms with E-state index in [0.717, 1.165) is 22.6 Å². The minimum Gasteiger partial charge on any atom is -0.464 e. The Morgan fingerprint density at radius 2 is 1.59 bits per heavy atom. The van der Waals surface area contributed by atoms with E-state index in [1.54, 1.807) is 12.1 Å². The van der Waals surface area contributed by atoms with E-state index in [4.69, 9.17) is 16.0 Å². The molecule has 34 heavy (non-hydrogen) atoms. The van der Waals surface area contributed by atoms with Crippen LogP contribution in [0.2, 0.25) is 5.02 Å². The quantitative estimate of drug-likeness (QED) is 0.355. The zero-order chi connectivity index (χ0) is 23.2. The van der Waals surface area contributed by atoms with E-state index < -0.39 is 6.04 Å². The zero-order valence-corrected chi connectivity index (χ0v) is 18.9. The Hall–Kier alpha value is -3.83. The smallest absolute Gasteiger partial charge is 0.198 e. The van der Waals surface area contributed by atoms with Gasteiger partial charge in [-0.3, -0.25) is 9.59 Å². The Kier molecular flexibility index (Phi) is 5.00. The maximum absolute atomic E-state index is 13.6. The molecule has 1 aliphatic carbocycles. The summed E-state index contributed by atoms with van der Waals surface area (Å²) >= 11 is 6.08. The van der Waals surface area contributed by atoms with E-state index in [0.29, 0.717) is 40.0 Å². The van der Waals surface area contributed by atoms with Gasteiger partial charge in [0.25, 0.3) is 0 Å². The van der Waals surface area contributed by atoms with Crippen LogP contribution in [0, 0.1) is 0 Å². The van der Waals surface area contributed by atoms with Gasteiger partial charge >= 0.3 is 0 Å². The standard InChI is InChI=1S/C28H21ClN2O3/c29-18-11-9-16(10-12-18)17-13-23-26(24(32)14-17)27(31-22-7-3-2-6-21(22)30-23)20-15-34-25-8-4-1-5-19(25)28(20)33/h1-12,15,17,27,30-31H,13-14H2. The monoisotopic (exact) mass is 468 g/mol. The zero-order valence-electron chi connectivity index (χ0n) is 18.2. The highest BCUT2D eigenvalue weighted by Crippen LogP contribution is 2.44. The Bertz CT molecular complexity index is 1520. The molecule has 5 nitrogen and oxygen atoms in total. The highest BCUT2D eigenvalue weighted by atomic mass is 35.5. The van der Waals surface area contributed by atoms with Crippen LogP contribution < -0.4 is 16.1 Å². The number of halogens is 1. The van der Waals surface area contributed by atoms with E-state index in [1.807, 2.05) is 60.7 Å². The number of benzene rings is 3. The van der Waals surface area contributed by atoms with Crippen molar-refractivity contribution in [3.05, 3.63) is 117 Å². The molecule has 0 bridgehead atoms. The summed E-state index contributed by atoms with van der Waals surface area (Å²) in [4.78, 5) is 27.1. The molecule has 2 atom stereocenters. The number of hydrogen-bond donors (Lipinski definition) is 2. The number of para-hydroxylation sites is 3. The van der Waals surface area contributed by atoms with Crippen LogP contribution in [0.3, 0.4) is 0 Å². The number of Topliss-reactive ketones (excluding diaryl/α,β-unsaturated/α-hetero) is 1. The number of ketones is 1. The Balaban J connectivity index is 1.51. The predicted molar refractivity (Wildman–Crippen MR) is 134 cm³/mol. The third kappa shape index (κ3) is 3.49. The largest absolute Gasteiger partial charge is 0.464 e. The second-order valence-corrected chi connectivity index (χ2v) is 9.17. The van der Waals surface area contributed by atoms with Gasteiger partial charge in [-0.1, -0.05) is 48.0 Å². The Labute approximate surface area is 201 Å². The highest BCUT2D eigenvalue weighted by Gasteiger charge is 2.37. The van der Waals surface area contributed by atoms with Crippen molar-refractivity contribution in [1.82, 2.24) is 0 Å². The molecule has 0 saturated heterocycles. The first-order valence-corrected chi connectivity index (χ1v) is 11.6. The molecule has 2 heterocycles. The van der Waals surface area contributed by atoms with Crippen LogP contribution in [0.25, 0.3) is 11.0 Å². The van der Waals surface area contributed by atoms with Crippen molar-refractivity contribution in [3.63, 3.8) is 0 Å². The summed E-state index contributed by atoms with van der Waals surface area (Å²) in [6.07, 6.45) is 2.49. The van der Waals surface area contributed by atoms with Crippen LogP contribution in [0.5, 0.6) is 0 Å². The predicted octanol–water partition coefficient (Wildman–Crippen LogP) is 6.43. The van der Waals surface area contributed by atoms with E-state index >= 15 is 0 Å². The molecule has 168 valence electrons. The summed E-state index contributed by atoms with van der Waals surface area (Å²) in [7, 11) is 0.